The van der Waals surface area contributed by atoms with Crippen molar-refractivity contribution in [3.05, 3.63) is 0 Å². The van der Waals surface area contributed by atoms with Crippen LogP contribution < -0.4 is 11.1 Å². The Bertz CT molecular complexity index is 176. The molecule has 0 unspecified atom stereocenters. The summed E-state index contributed by atoms with van der Waals surface area (Å²) < 4.78 is 0. The fourth-order valence-corrected chi connectivity index (χ4v) is 1.72. The van der Waals surface area contributed by atoms with Crippen molar-refractivity contribution in [1.29, 1.82) is 0 Å². The number of aliphatic hydroxyl groups is 1. The largest absolute Gasteiger partial charge is 0.388 e. The lowest BCUT2D eigenvalue weighted by molar-refractivity contribution is -0.121. The number of hydrogen-bond donors (Lipinski definition) is 3. The highest BCUT2D eigenvalue weighted by molar-refractivity contribution is 5.77. The molecule has 0 spiro atoms. The first kappa shape index (κ1) is 10.5. The molecule has 0 saturated heterocycles. The zero-order valence-corrected chi connectivity index (χ0v) is 7.88. The highest BCUT2D eigenvalue weighted by Gasteiger charge is 2.29. The third-order valence-corrected chi connectivity index (χ3v) is 2.58. The maximum atomic E-state index is 10.8. The topological polar surface area (TPSA) is 75.4 Å². The summed E-state index contributed by atoms with van der Waals surface area (Å²) in [5.74, 6) is -0.195. The minimum Gasteiger partial charge on any atom is -0.388 e. The average molecular weight is 186 g/mol. The Morgan fingerprint density at radius 3 is 2.54 bits per heavy atom. The van der Waals surface area contributed by atoms with Crippen LogP contribution in [0.2, 0.25) is 0 Å². The summed E-state index contributed by atoms with van der Waals surface area (Å²) >= 11 is 0. The maximum absolute atomic E-state index is 10.8. The van der Waals surface area contributed by atoms with Gasteiger partial charge in [-0.15, -0.1) is 0 Å². The van der Waals surface area contributed by atoms with E-state index in [0.717, 1.165) is 25.7 Å². The second kappa shape index (κ2) is 4.58. The van der Waals surface area contributed by atoms with Gasteiger partial charge in [-0.05, 0) is 12.8 Å². The molecular weight excluding hydrogens is 168 g/mol. The van der Waals surface area contributed by atoms with Gasteiger partial charge in [0.1, 0.15) is 0 Å². The summed E-state index contributed by atoms with van der Waals surface area (Å²) in [6.07, 6.45) is 4.87. The molecule has 0 radical (unpaired) electrons. The van der Waals surface area contributed by atoms with Crippen molar-refractivity contribution < 1.29 is 9.90 Å². The first-order chi connectivity index (χ1) is 6.16. The van der Waals surface area contributed by atoms with Crippen LogP contribution in [0.5, 0.6) is 0 Å². The van der Waals surface area contributed by atoms with Crippen molar-refractivity contribution in [3.63, 3.8) is 0 Å². The lowest BCUT2D eigenvalue weighted by atomic mass is 9.85. The van der Waals surface area contributed by atoms with Crippen molar-refractivity contribution in [2.75, 3.05) is 13.1 Å². The highest BCUT2D eigenvalue weighted by atomic mass is 16.3. The van der Waals surface area contributed by atoms with Crippen molar-refractivity contribution in [2.45, 2.75) is 37.7 Å². The number of carbonyl (C=O) groups is 1. The SMILES string of the molecule is NCC(=O)NCC1(O)CCCCC1. The molecule has 0 aliphatic heterocycles. The molecule has 4 N–H and O–H groups in total. The smallest absolute Gasteiger partial charge is 0.233 e. The Labute approximate surface area is 78.5 Å². The van der Waals surface area contributed by atoms with Crippen molar-refractivity contribution in [3.8, 4) is 0 Å². The summed E-state index contributed by atoms with van der Waals surface area (Å²) in [5.41, 5.74) is 4.46. The number of nitrogens with one attached hydrogen (secondary N) is 1. The molecule has 0 aromatic rings. The zero-order chi connectivity index (χ0) is 9.73. The number of amides is 1. The van der Waals surface area contributed by atoms with E-state index >= 15 is 0 Å². The molecule has 1 aliphatic carbocycles. The van der Waals surface area contributed by atoms with E-state index in [9.17, 15) is 9.90 Å². The van der Waals surface area contributed by atoms with Gasteiger partial charge in [-0.2, -0.15) is 0 Å². The number of hydrogen-bond acceptors (Lipinski definition) is 3. The molecule has 1 aliphatic rings. The quantitative estimate of drug-likeness (QED) is 0.569. The van der Waals surface area contributed by atoms with Gasteiger partial charge in [0.05, 0.1) is 12.1 Å². The average Bonchev–Trinajstić information content (AvgIpc) is 2.15. The Hall–Kier alpha value is -0.610. The standard InChI is InChI=1S/C9H18N2O2/c10-6-8(12)11-7-9(13)4-2-1-3-5-9/h13H,1-7,10H2,(H,11,12). The minimum absolute atomic E-state index is 0.00389. The van der Waals surface area contributed by atoms with Gasteiger partial charge in [-0.3, -0.25) is 4.79 Å². The van der Waals surface area contributed by atoms with E-state index in [1.54, 1.807) is 0 Å². The van der Waals surface area contributed by atoms with Gasteiger partial charge >= 0.3 is 0 Å². The van der Waals surface area contributed by atoms with E-state index in [1.165, 1.54) is 6.42 Å². The number of nitrogens with two attached hydrogens (primary N) is 1. The first-order valence-corrected chi connectivity index (χ1v) is 4.85. The zero-order valence-electron chi connectivity index (χ0n) is 7.88. The predicted octanol–water partition coefficient (Wildman–Crippen LogP) is -0.244. The summed E-state index contributed by atoms with van der Waals surface area (Å²) in [5, 5.41) is 12.6. The van der Waals surface area contributed by atoms with Gasteiger partial charge in [0.2, 0.25) is 5.91 Å². The van der Waals surface area contributed by atoms with Crippen LogP contribution in [-0.2, 0) is 4.79 Å². The van der Waals surface area contributed by atoms with Gasteiger partial charge in [0.15, 0.2) is 0 Å². The van der Waals surface area contributed by atoms with E-state index in [0.29, 0.717) is 6.54 Å². The number of carbonyl (C=O) groups excluding carboxylic acids is 1. The monoisotopic (exact) mass is 186 g/mol. The lowest BCUT2D eigenvalue weighted by Gasteiger charge is -2.32. The molecule has 4 heteroatoms. The van der Waals surface area contributed by atoms with Crippen LogP contribution in [0.1, 0.15) is 32.1 Å². The molecule has 0 heterocycles. The number of rotatable bonds is 3. The van der Waals surface area contributed by atoms with Crippen molar-refractivity contribution in [1.82, 2.24) is 5.32 Å². The predicted molar refractivity (Wildman–Crippen MR) is 50.1 cm³/mol. The summed E-state index contributed by atoms with van der Waals surface area (Å²) in [6.45, 7) is 0.346. The van der Waals surface area contributed by atoms with Gasteiger partial charge in [-0.1, -0.05) is 19.3 Å². The van der Waals surface area contributed by atoms with E-state index < -0.39 is 5.60 Å². The maximum Gasteiger partial charge on any atom is 0.233 e. The third-order valence-electron chi connectivity index (χ3n) is 2.58. The first-order valence-electron chi connectivity index (χ1n) is 4.85. The summed E-state index contributed by atoms with van der Waals surface area (Å²) in [7, 11) is 0. The van der Waals surface area contributed by atoms with Gasteiger partial charge in [-0.25, -0.2) is 0 Å². The molecule has 0 aromatic heterocycles. The fraction of sp³-hybridized carbons (Fsp3) is 0.889. The molecule has 1 rings (SSSR count). The molecule has 4 nitrogen and oxygen atoms in total. The normalized spacial score (nSPS) is 21.1. The van der Waals surface area contributed by atoms with Crippen LogP contribution in [0.15, 0.2) is 0 Å². The second-order valence-electron chi connectivity index (χ2n) is 3.77. The van der Waals surface area contributed by atoms with E-state index in [-0.39, 0.29) is 12.5 Å². The summed E-state index contributed by atoms with van der Waals surface area (Å²) in [6, 6.07) is 0. The molecular formula is C9H18N2O2. The second-order valence-corrected chi connectivity index (χ2v) is 3.77. The highest BCUT2D eigenvalue weighted by Crippen LogP contribution is 2.27. The molecule has 0 bridgehead atoms. The third kappa shape index (κ3) is 3.32. The Kier molecular flexibility index (Phi) is 3.69. The Balaban J connectivity index is 2.28. The molecule has 13 heavy (non-hydrogen) atoms. The van der Waals surface area contributed by atoms with E-state index in [2.05, 4.69) is 5.32 Å². The van der Waals surface area contributed by atoms with Gasteiger partial charge in [0, 0.05) is 6.54 Å². The molecule has 1 amide bonds. The van der Waals surface area contributed by atoms with Crippen LogP contribution in [0.3, 0.4) is 0 Å². The van der Waals surface area contributed by atoms with Crippen LogP contribution in [-0.4, -0.2) is 29.7 Å². The van der Waals surface area contributed by atoms with Crippen LogP contribution in [0.25, 0.3) is 0 Å². The molecule has 1 saturated carbocycles. The van der Waals surface area contributed by atoms with Crippen LogP contribution >= 0.6 is 0 Å². The van der Waals surface area contributed by atoms with E-state index in [4.69, 9.17) is 5.73 Å². The Morgan fingerprint density at radius 2 is 2.00 bits per heavy atom. The van der Waals surface area contributed by atoms with Gasteiger partial charge in [0.25, 0.3) is 0 Å². The summed E-state index contributed by atoms with van der Waals surface area (Å²) in [4.78, 5) is 10.8. The molecule has 0 atom stereocenters. The Morgan fingerprint density at radius 1 is 1.38 bits per heavy atom. The van der Waals surface area contributed by atoms with Crippen molar-refractivity contribution >= 4 is 5.91 Å². The van der Waals surface area contributed by atoms with Crippen LogP contribution in [0.4, 0.5) is 0 Å². The molecule has 76 valence electrons. The van der Waals surface area contributed by atoms with E-state index in [1.807, 2.05) is 0 Å². The van der Waals surface area contributed by atoms with Crippen molar-refractivity contribution in [2.24, 2.45) is 5.73 Å². The molecule has 0 aromatic carbocycles. The van der Waals surface area contributed by atoms with Crippen LogP contribution in [0, 0.1) is 0 Å². The lowest BCUT2D eigenvalue weighted by Crippen LogP contribution is -2.45. The van der Waals surface area contributed by atoms with Gasteiger partial charge < -0.3 is 16.2 Å². The fourth-order valence-electron chi connectivity index (χ4n) is 1.72. The minimum atomic E-state index is -0.677. The molecule has 1 fully saturated rings.